The van der Waals surface area contributed by atoms with E-state index in [0.29, 0.717) is 12.4 Å². The van der Waals surface area contributed by atoms with Crippen LogP contribution in [-0.2, 0) is 16.0 Å². The van der Waals surface area contributed by atoms with Crippen LogP contribution in [0, 0.1) is 0 Å². The zero-order chi connectivity index (χ0) is 14.1. The van der Waals surface area contributed by atoms with Crippen LogP contribution >= 0.6 is 0 Å². The van der Waals surface area contributed by atoms with Crippen LogP contribution in [0.15, 0.2) is 18.2 Å². The van der Waals surface area contributed by atoms with E-state index >= 15 is 0 Å². The van der Waals surface area contributed by atoms with Gasteiger partial charge >= 0.3 is 5.97 Å². The molecule has 0 aliphatic heterocycles. The highest BCUT2D eigenvalue weighted by molar-refractivity contribution is 5.72. The minimum Gasteiger partial charge on any atom is -0.504 e. The third-order valence-electron chi connectivity index (χ3n) is 2.85. The lowest BCUT2D eigenvalue weighted by molar-refractivity contribution is -0.142. The van der Waals surface area contributed by atoms with Gasteiger partial charge in [0, 0.05) is 0 Å². The highest BCUT2D eigenvalue weighted by atomic mass is 16.5. The second-order valence-corrected chi connectivity index (χ2v) is 4.46. The van der Waals surface area contributed by atoms with Gasteiger partial charge in [0.15, 0.2) is 11.5 Å². The Labute approximate surface area is 114 Å². The highest BCUT2D eigenvalue weighted by Crippen LogP contribution is 2.26. The molecule has 0 aliphatic rings. The molecule has 0 aliphatic carbocycles. The number of unbranched alkanes of at least 4 members (excludes halogenated alkanes) is 3. The standard InChI is InChI=1S/C15H22O4/c1-3-4-5-6-9-19-15(17)11-12-7-8-13(16)14(10-12)18-2/h7-8,10,16H,3-6,9,11H2,1-2H3. The molecule has 1 aromatic carbocycles. The minimum atomic E-state index is -0.246. The molecule has 4 heteroatoms. The normalized spacial score (nSPS) is 10.2. The summed E-state index contributed by atoms with van der Waals surface area (Å²) in [7, 11) is 1.48. The largest absolute Gasteiger partial charge is 0.504 e. The van der Waals surface area contributed by atoms with Crippen LogP contribution in [0.2, 0.25) is 0 Å². The SMILES string of the molecule is CCCCCCOC(=O)Cc1ccc(O)c(OC)c1. The van der Waals surface area contributed by atoms with Crippen LogP contribution in [0.3, 0.4) is 0 Å². The van der Waals surface area contributed by atoms with E-state index in [1.54, 1.807) is 12.1 Å². The summed E-state index contributed by atoms with van der Waals surface area (Å²) >= 11 is 0. The van der Waals surface area contributed by atoms with Gasteiger partial charge in [-0.3, -0.25) is 4.79 Å². The van der Waals surface area contributed by atoms with Crippen LogP contribution in [0.5, 0.6) is 11.5 Å². The Hall–Kier alpha value is -1.71. The maximum absolute atomic E-state index is 11.6. The van der Waals surface area contributed by atoms with Crippen molar-refractivity contribution < 1.29 is 19.4 Å². The predicted octanol–water partition coefficient (Wildman–Crippen LogP) is 3.07. The number of phenols is 1. The number of phenolic OH excluding ortho intramolecular Hbond substituents is 1. The van der Waals surface area contributed by atoms with E-state index < -0.39 is 0 Å². The number of carbonyl (C=O) groups is 1. The first-order valence-corrected chi connectivity index (χ1v) is 6.69. The van der Waals surface area contributed by atoms with Gasteiger partial charge in [-0.15, -0.1) is 0 Å². The maximum atomic E-state index is 11.6. The smallest absolute Gasteiger partial charge is 0.310 e. The average molecular weight is 266 g/mol. The molecule has 0 amide bonds. The summed E-state index contributed by atoms with van der Waals surface area (Å²) in [6, 6.07) is 4.85. The van der Waals surface area contributed by atoms with Crippen molar-refractivity contribution in [2.75, 3.05) is 13.7 Å². The summed E-state index contributed by atoms with van der Waals surface area (Å²) in [5.74, 6) is 0.191. The number of carbonyl (C=O) groups excluding carboxylic acids is 1. The Morgan fingerprint density at radius 1 is 1.26 bits per heavy atom. The third-order valence-corrected chi connectivity index (χ3v) is 2.85. The van der Waals surface area contributed by atoms with Gasteiger partial charge in [0.2, 0.25) is 0 Å². The number of ether oxygens (including phenoxy) is 2. The zero-order valence-electron chi connectivity index (χ0n) is 11.6. The number of hydrogen-bond acceptors (Lipinski definition) is 4. The fourth-order valence-corrected chi connectivity index (χ4v) is 1.76. The number of methoxy groups -OCH3 is 1. The van der Waals surface area contributed by atoms with Crippen molar-refractivity contribution in [2.24, 2.45) is 0 Å². The van der Waals surface area contributed by atoms with Crippen molar-refractivity contribution >= 4 is 5.97 Å². The molecule has 0 saturated heterocycles. The summed E-state index contributed by atoms with van der Waals surface area (Å²) in [5.41, 5.74) is 0.771. The fraction of sp³-hybridized carbons (Fsp3) is 0.533. The molecule has 0 radical (unpaired) electrons. The first-order chi connectivity index (χ1) is 9.17. The lowest BCUT2D eigenvalue weighted by Gasteiger charge is -2.07. The van der Waals surface area contributed by atoms with Gasteiger partial charge in [-0.2, -0.15) is 0 Å². The van der Waals surface area contributed by atoms with Crippen LogP contribution < -0.4 is 4.74 Å². The molecule has 0 unspecified atom stereocenters. The van der Waals surface area contributed by atoms with E-state index in [4.69, 9.17) is 9.47 Å². The summed E-state index contributed by atoms with van der Waals surface area (Å²) in [6.45, 7) is 2.62. The molecule has 0 fully saturated rings. The van der Waals surface area contributed by atoms with Crippen molar-refractivity contribution in [1.29, 1.82) is 0 Å². The van der Waals surface area contributed by atoms with Crippen molar-refractivity contribution in [3.8, 4) is 11.5 Å². The van der Waals surface area contributed by atoms with Gasteiger partial charge in [0.1, 0.15) is 0 Å². The summed E-state index contributed by atoms with van der Waals surface area (Å²) in [6.07, 6.45) is 4.55. The van der Waals surface area contributed by atoms with E-state index in [9.17, 15) is 9.90 Å². The van der Waals surface area contributed by atoms with Crippen LogP contribution in [0.1, 0.15) is 38.2 Å². The quantitative estimate of drug-likeness (QED) is 0.580. The Morgan fingerprint density at radius 2 is 2.05 bits per heavy atom. The van der Waals surface area contributed by atoms with Gasteiger partial charge in [-0.25, -0.2) is 0 Å². The van der Waals surface area contributed by atoms with Crippen molar-refractivity contribution in [3.63, 3.8) is 0 Å². The molecule has 106 valence electrons. The number of benzene rings is 1. The highest BCUT2D eigenvalue weighted by Gasteiger charge is 2.08. The van der Waals surface area contributed by atoms with Crippen LogP contribution in [0.4, 0.5) is 0 Å². The first-order valence-electron chi connectivity index (χ1n) is 6.69. The summed E-state index contributed by atoms with van der Waals surface area (Å²) in [5, 5.41) is 9.45. The second kappa shape index (κ2) is 8.40. The molecule has 0 spiro atoms. The zero-order valence-corrected chi connectivity index (χ0v) is 11.6. The maximum Gasteiger partial charge on any atom is 0.310 e. The van der Waals surface area contributed by atoms with E-state index in [0.717, 1.165) is 18.4 Å². The predicted molar refractivity (Wildman–Crippen MR) is 73.5 cm³/mol. The average Bonchev–Trinajstić information content (AvgIpc) is 2.40. The van der Waals surface area contributed by atoms with Gasteiger partial charge < -0.3 is 14.6 Å². The minimum absolute atomic E-state index is 0.0687. The molecule has 0 saturated carbocycles. The Bertz CT molecular complexity index is 401. The summed E-state index contributed by atoms with van der Waals surface area (Å²) in [4.78, 5) is 11.6. The second-order valence-electron chi connectivity index (χ2n) is 4.46. The fourth-order valence-electron chi connectivity index (χ4n) is 1.76. The Morgan fingerprint density at radius 3 is 2.74 bits per heavy atom. The van der Waals surface area contributed by atoms with Gasteiger partial charge in [0.25, 0.3) is 0 Å². The van der Waals surface area contributed by atoms with E-state index in [1.165, 1.54) is 26.0 Å². The molecular weight excluding hydrogens is 244 g/mol. The van der Waals surface area contributed by atoms with Gasteiger partial charge in [-0.05, 0) is 24.1 Å². The molecule has 1 rings (SSSR count). The lowest BCUT2D eigenvalue weighted by Crippen LogP contribution is -2.09. The molecule has 19 heavy (non-hydrogen) atoms. The van der Waals surface area contributed by atoms with Gasteiger partial charge in [-0.1, -0.05) is 32.3 Å². The third kappa shape index (κ3) is 5.64. The number of esters is 1. The van der Waals surface area contributed by atoms with E-state index in [-0.39, 0.29) is 18.1 Å². The van der Waals surface area contributed by atoms with Crippen LogP contribution in [0.25, 0.3) is 0 Å². The van der Waals surface area contributed by atoms with Gasteiger partial charge in [0.05, 0.1) is 20.1 Å². The topological polar surface area (TPSA) is 55.8 Å². The number of rotatable bonds is 8. The number of aromatic hydroxyl groups is 1. The lowest BCUT2D eigenvalue weighted by atomic mass is 10.1. The van der Waals surface area contributed by atoms with E-state index in [2.05, 4.69) is 6.92 Å². The molecule has 0 bridgehead atoms. The Kier molecular flexibility index (Phi) is 6.79. The molecule has 1 N–H and O–H groups in total. The monoisotopic (exact) mass is 266 g/mol. The molecule has 0 aromatic heterocycles. The summed E-state index contributed by atoms with van der Waals surface area (Å²) < 4.78 is 10.1. The Balaban J connectivity index is 2.35. The first kappa shape index (κ1) is 15.3. The van der Waals surface area contributed by atoms with Crippen LogP contribution in [-0.4, -0.2) is 24.8 Å². The van der Waals surface area contributed by atoms with Crippen molar-refractivity contribution in [2.45, 2.75) is 39.0 Å². The number of hydrogen-bond donors (Lipinski definition) is 1. The molecule has 4 nitrogen and oxygen atoms in total. The van der Waals surface area contributed by atoms with E-state index in [1.807, 2.05) is 0 Å². The molecular formula is C15H22O4. The molecule has 1 aromatic rings. The molecule has 0 heterocycles. The van der Waals surface area contributed by atoms with Crippen molar-refractivity contribution in [1.82, 2.24) is 0 Å². The molecule has 0 atom stereocenters. The van der Waals surface area contributed by atoms with Crippen molar-refractivity contribution in [3.05, 3.63) is 23.8 Å².